The summed E-state index contributed by atoms with van der Waals surface area (Å²) < 4.78 is 10.3. The lowest BCUT2D eigenvalue weighted by Crippen LogP contribution is -2.41. The number of esters is 1. The Hall–Kier alpha value is -2.41. The zero-order valence-electron chi connectivity index (χ0n) is 14.9. The fourth-order valence-corrected chi connectivity index (χ4v) is 3.41. The Labute approximate surface area is 152 Å². The highest BCUT2D eigenvalue weighted by atomic mass is 16.5. The third kappa shape index (κ3) is 4.22. The van der Waals surface area contributed by atoms with Gasteiger partial charge >= 0.3 is 5.97 Å². The lowest BCUT2D eigenvalue weighted by molar-refractivity contribution is -0.131. The van der Waals surface area contributed by atoms with E-state index in [-0.39, 0.29) is 36.2 Å². The van der Waals surface area contributed by atoms with Crippen molar-refractivity contribution in [2.75, 3.05) is 31.7 Å². The molecule has 0 aliphatic carbocycles. The summed E-state index contributed by atoms with van der Waals surface area (Å²) in [6.45, 7) is 3.85. The van der Waals surface area contributed by atoms with E-state index in [2.05, 4.69) is 5.32 Å². The number of nitrogens with zero attached hydrogens (tertiary/aromatic N) is 1. The molecule has 0 aromatic heterocycles. The van der Waals surface area contributed by atoms with Gasteiger partial charge in [0.15, 0.2) is 0 Å². The Bertz CT molecular complexity index is 667. The average molecular weight is 360 g/mol. The quantitative estimate of drug-likeness (QED) is 0.810. The van der Waals surface area contributed by atoms with E-state index in [1.54, 1.807) is 31.2 Å². The monoisotopic (exact) mass is 360 g/mol. The summed E-state index contributed by atoms with van der Waals surface area (Å²) >= 11 is 0. The predicted molar refractivity (Wildman–Crippen MR) is 94.7 cm³/mol. The molecule has 1 aromatic rings. The standard InChI is InChI=1S/C19H24N2O5/c1-2-26-19(24)13-3-5-15(6-4-13)20-18(23)14-11-17(22)21(12-14)16-7-9-25-10-8-16/h3-6,14,16H,2,7-12H2,1H3,(H,20,23). The first-order chi connectivity index (χ1) is 12.6. The Kier molecular flexibility index (Phi) is 5.88. The second kappa shape index (κ2) is 8.31. The van der Waals surface area contributed by atoms with Gasteiger partial charge in [0.1, 0.15) is 0 Å². The molecule has 2 amide bonds. The van der Waals surface area contributed by atoms with Crippen molar-refractivity contribution in [2.45, 2.75) is 32.2 Å². The fraction of sp³-hybridized carbons (Fsp3) is 0.526. The van der Waals surface area contributed by atoms with Gasteiger partial charge in [-0.1, -0.05) is 0 Å². The van der Waals surface area contributed by atoms with E-state index in [1.165, 1.54) is 0 Å². The topological polar surface area (TPSA) is 84.9 Å². The fourth-order valence-electron chi connectivity index (χ4n) is 3.41. The van der Waals surface area contributed by atoms with Crippen LogP contribution in [0.5, 0.6) is 0 Å². The number of anilines is 1. The number of likely N-dealkylation sites (tertiary alicyclic amines) is 1. The minimum absolute atomic E-state index is 0.0368. The molecule has 0 spiro atoms. The van der Waals surface area contributed by atoms with Crippen LogP contribution in [0.1, 0.15) is 36.5 Å². The maximum absolute atomic E-state index is 12.5. The Balaban J connectivity index is 1.56. The van der Waals surface area contributed by atoms with Crippen LogP contribution in [-0.4, -0.2) is 55.1 Å². The van der Waals surface area contributed by atoms with Gasteiger partial charge in [0, 0.05) is 37.9 Å². The first-order valence-electron chi connectivity index (χ1n) is 9.03. The molecule has 1 unspecified atom stereocenters. The number of nitrogens with one attached hydrogen (secondary N) is 1. The van der Waals surface area contributed by atoms with Crippen molar-refractivity contribution in [3.8, 4) is 0 Å². The highest BCUT2D eigenvalue weighted by Gasteiger charge is 2.38. The lowest BCUT2D eigenvalue weighted by Gasteiger charge is -2.31. The molecule has 1 aromatic carbocycles. The molecule has 2 aliphatic heterocycles. The van der Waals surface area contributed by atoms with Gasteiger partial charge in [-0.15, -0.1) is 0 Å². The molecule has 0 saturated carbocycles. The van der Waals surface area contributed by atoms with Crippen LogP contribution in [0.15, 0.2) is 24.3 Å². The van der Waals surface area contributed by atoms with E-state index in [0.717, 1.165) is 12.8 Å². The molecular weight excluding hydrogens is 336 g/mol. The Morgan fingerprint density at radius 2 is 1.92 bits per heavy atom. The van der Waals surface area contributed by atoms with Gasteiger partial charge in [-0.25, -0.2) is 4.79 Å². The summed E-state index contributed by atoms with van der Waals surface area (Å²) in [5, 5.41) is 2.83. The number of hydrogen-bond acceptors (Lipinski definition) is 5. The number of ether oxygens (including phenoxy) is 2. The van der Waals surface area contributed by atoms with Gasteiger partial charge in [-0.2, -0.15) is 0 Å². The van der Waals surface area contributed by atoms with Gasteiger partial charge in [0.2, 0.25) is 11.8 Å². The number of hydrogen-bond donors (Lipinski definition) is 1. The largest absolute Gasteiger partial charge is 0.462 e. The molecule has 1 atom stereocenters. The third-order valence-corrected chi connectivity index (χ3v) is 4.82. The predicted octanol–water partition coefficient (Wildman–Crippen LogP) is 1.83. The van der Waals surface area contributed by atoms with Crippen molar-refractivity contribution < 1.29 is 23.9 Å². The van der Waals surface area contributed by atoms with Crippen molar-refractivity contribution >= 4 is 23.5 Å². The van der Waals surface area contributed by atoms with Crippen LogP contribution < -0.4 is 5.32 Å². The molecule has 0 bridgehead atoms. The smallest absolute Gasteiger partial charge is 0.338 e. The first kappa shape index (κ1) is 18.4. The van der Waals surface area contributed by atoms with Crippen LogP contribution in [0.25, 0.3) is 0 Å². The average Bonchev–Trinajstić information content (AvgIpc) is 3.05. The van der Waals surface area contributed by atoms with E-state index in [1.807, 2.05) is 4.90 Å². The summed E-state index contributed by atoms with van der Waals surface area (Å²) in [5.41, 5.74) is 1.03. The summed E-state index contributed by atoms with van der Waals surface area (Å²) in [7, 11) is 0. The third-order valence-electron chi connectivity index (χ3n) is 4.82. The number of amides is 2. The van der Waals surface area contributed by atoms with Crippen molar-refractivity contribution in [2.24, 2.45) is 5.92 Å². The molecule has 7 nitrogen and oxygen atoms in total. The van der Waals surface area contributed by atoms with E-state index < -0.39 is 0 Å². The normalized spacial score (nSPS) is 20.9. The van der Waals surface area contributed by atoms with Crippen LogP contribution in [0, 0.1) is 5.92 Å². The van der Waals surface area contributed by atoms with Gasteiger partial charge in [0.25, 0.3) is 0 Å². The zero-order valence-corrected chi connectivity index (χ0v) is 14.9. The maximum Gasteiger partial charge on any atom is 0.338 e. The number of carbonyl (C=O) groups excluding carboxylic acids is 3. The molecule has 26 heavy (non-hydrogen) atoms. The summed E-state index contributed by atoms with van der Waals surface area (Å²) in [6.07, 6.45) is 1.90. The SMILES string of the molecule is CCOC(=O)c1ccc(NC(=O)C2CC(=O)N(C3CCOCC3)C2)cc1. The van der Waals surface area contributed by atoms with Crippen LogP contribution >= 0.6 is 0 Å². The van der Waals surface area contributed by atoms with E-state index >= 15 is 0 Å². The van der Waals surface area contributed by atoms with Gasteiger partial charge in [-0.3, -0.25) is 9.59 Å². The van der Waals surface area contributed by atoms with Gasteiger partial charge in [0.05, 0.1) is 18.1 Å². The molecule has 2 aliphatic rings. The second-order valence-electron chi connectivity index (χ2n) is 6.58. The molecule has 1 N–H and O–H groups in total. The first-order valence-corrected chi connectivity index (χ1v) is 9.03. The zero-order chi connectivity index (χ0) is 18.5. The molecular formula is C19H24N2O5. The van der Waals surface area contributed by atoms with Gasteiger partial charge in [-0.05, 0) is 44.0 Å². The highest BCUT2D eigenvalue weighted by Crippen LogP contribution is 2.26. The van der Waals surface area contributed by atoms with E-state index in [4.69, 9.17) is 9.47 Å². The van der Waals surface area contributed by atoms with Crippen molar-refractivity contribution in [3.63, 3.8) is 0 Å². The maximum atomic E-state index is 12.5. The van der Waals surface area contributed by atoms with E-state index in [0.29, 0.717) is 37.6 Å². The highest BCUT2D eigenvalue weighted by molar-refractivity contribution is 5.97. The van der Waals surface area contributed by atoms with E-state index in [9.17, 15) is 14.4 Å². The van der Waals surface area contributed by atoms with Crippen LogP contribution in [0.3, 0.4) is 0 Å². The molecule has 140 valence electrons. The second-order valence-corrected chi connectivity index (χ2v) is 6.58. The van der Waals surface area contributed by atoms with Gasteiger partial charge < -0.3 is 19.7 Å². The number of rotatable bonds is 5. The summed E-state index contributed by atoms with van der Waals surface area (Å²) in [4.78, 5) is 38.3. The van der Waals surface area contributed by atoms with Crippen molar-refractivity contribution in [1.82, 2.24) is 4.90 Å². The van der Waals surface area contributed by atoms with Crippen molar-refractivity contribution in [1.29, 1.82) is 0 Å². The number of benzene rings is 1. The molecule has 2 fully saturated rings. The molecule has 2 saturated heterocycles. The van der Waals surface area contributed by atoms with Crippen molar-refractivity contribution in [3.05, 3.63) is 29.8 Å². The lowest BCUT2D eigenvalue weighted by atomic mass is 10.1. The molecule has 0 radical (unpaired) electrons. The Morgan fingerprint density at radius 1 is 1.23 bits per heavy atom. The summed E-state index contributed by atoms with van der Waals surface area (Å²) in [6, 6.07) is 6.73. The minimum atomic E-state index is -0.390. The van der Waals surface area contributed by atoms with Crippen LogP contribution in [-0.2, 0) is 19.1 Å². The minimum Gasteiger partial charge on any atom is -0.462 e. The number of carbonyl (C=O) groups is 3. The molecule has 3 rings (SSSR count). The Morgan fingerprint density at radius 3 is 2.58 bits per heavy atom. The van der Waals surface area contributed by atoms with Crippen LogP contribution in [0.2, 0.25) is 0 Å². The van der Waals surface area contributed by atoms with Crippen LogP contribution in [0.4, 0.5) is 5.69 Å². The molecule has 7 heteroatoms. The summed E-state index contributed by atoms with van der Waals surface area (Å²) in [5.74, 6) is -0.875. The molecule has 2 heterocycles.